The minimum absolute atomic E-state index is 0.0187. The number of thiophene rings is 1. The molecule has 20 heavy (non-hydrogen) atoms. The van der Waals surface area contributed by atoms with Crippen LogP contribution in [0.4, 0.5) is 0 Å². The van der Waals surface area contributed by atoms with Gasteiger partial charge in [0, 0.05) is 11.6 Å². The average molecular weight is 367 g/mol. The molecule has 0 spiro atoms. The number of halogens is 1. The number of hydrogen-bond acceptors (Lipinski definition) is 6. The van der Waals surface area contributed by atoms with Gasteiger partial charge in [-0.25, -0.2) is 0 Å². The number of Topliss-reactive ketones (excluding diaryl/α,β-unsaturated/α-hetero) is 1. The summed E-state index contributed by atoms with van der Waals surface area (Å²) in [6.45, 7) is 3.12. The first kappa shape index (κ1) is 17.7. The quantitative estimate of drug-likeness (QED) is 0.420. The van der Waals surface area contributed by atoms with Gasteiger partial charge in [-0.05, 0) is 27.4 Å². The number of ketones is 1. The van der Waals surface area contributed by atoms with Crippen LogP contribution in [0.3, 0.4) is 0 Å². The summed E-state index contributed by atoms with van der Waals surface area (Å²) < 4.78 is 21.5. The van der Waals surface area contributed by atoms with Gasteiger partial charge in [-0.1, -0.05) is 0 Å². The van der Waals surface area contributed by atoms with Gasteiger partial charge in [0.05, 0.1) is 44.5 Å². The standard InChI is InChI=1S/C13H19BrO5S/c1-16-3-4-17-5-6-18-7-8-19-10-12(15)13-11(14)2-9-20-13/h2,9H,3-8,10H2,1H3. The Kier molecular flexibility index (Phi) is 10.1. The minimum Gasteiger partial charge on any atom is -0.382 e. The molecule has 5 nitrogen and oxygen atoms in total. The zero-order valence-electron chi connectivity index (χ0n) is 11.4. The lowest BCUT2D eigenvalue weighted by molar-refractivity contribution is 0.00495. The first-order chi connectivity index (χ1) is 9.75. The molecular formula is C13H19BrO5S. The molecule has 0 aliphatic heterocycles. The van der Waals surface area contributed by atoms with E-state index in [1.54, 1.807) is 7.11 Å². The summed E-state index contributed by atoms with van der Waals surface area (Å²) in [4.78, 5) is 12.4. The molecule has 0 fully saturated rings. The van der Waals surface area contributed by atoms with E-state index < -0.39 is 0 Å². The van der Waals surface area contributed by atoms with Crippen molar-refractivity contribution < 1.29 is 23.7 Å². The molecule has 0 saturated carbocycles. The molecular weight excluding hydrogens is 348 g/mol. The van der Waals surface area contributed by atoms with Gasteiger partial charge in [-0.3, -0.25) is 4.79 Å². The van der Waals surface area contributed by atoms with E-state index in [-0.39, 0.29) is 12.4 Å². The second-order valence-electron chi connectivity index (χ2n) is 3.79. The van der Waals surface area contributed by atoms with Crippen molar-refractivity contribution in [2.45, 2.75) is 0 Å². The zero-order chi connectivity index (χ0) is 14.6. The van der Waals surface area contributed by atoms with Gasteiger partial charge in [0.25, 0.3) is 0 Å². The molecule has 0 atom stereocenters. The Balaban J connectivity index is 1.92. The summed E-state index contributed by atoms with van der Waals surface area (Å²) >= 11 is 4.73. The highest BCUT2D eigenvalue weighted by atomic mass is 79.9. The van der Waals surface area contributed by atoms with Crippen LogP contribution in [0.5, 0.6) is 0 Å². The lowest BCUT2D eigenvalue weighted by Crippen LogP contribution is -2.14. The molecule has 0 amide bonds. The van der Waals surface area contributed by atoms with Crippen LogP contribution in [0.25, 0.3) is 0 Å². The third kappa shape index (κ3) is 7.47. The van der Waals surface area contributed by atoms with Crippen molar-refractivity contribution in [2.75, 3.05) is 53.4 Å². The van der Waals surface area contributed by atoms with Gasteiger partial charge in [0.1, 0.15) is 6.61 Å². The van der Waals surface area contributed by atoms with E-state index in [1.807, 2.05) is 11.4 Å². The SMILES string of the molecule is COCCOCCOCCOCC(=O)c1sccc1Br. The number of carbonyl (C=O) groups excluding carboxylic acids is 1. The maximum Gasteiger partial charge on any atom is 0.199 e. The van der Waals surface area contributed by atoms with Crippen LogP contribution in [0.2, 0.25) is 0 Å². The third-order valence-corrected chi connectivity index (χ3v) is 4.16. The Labute approximate surface area is 131 Å². The van der Waals surface area contributed by atoms with Gasteiger partial charge in [-0.15, -0.1) is 11.3 Å². The fraction of sp³-hybridized carbons (Fsp3) is 0.615. The number of hydrogen-bond donors (Lipinski definition) is 0. The summed E-state index contributed by atoms with van der Waals surface area (Å²) in [6.07, 6.45) is 0. The molecule has 114 valence electrons. The first-order valence-corrected chi connectivity index (χ1v) is 7.91. The molecule has 0 saturated heterocycles. The van der Waals surface area contributed by atoms with E-state index in [4.69, 9.17) is 18.9 Å². The molecule has 0 bridgehead atoms. The zero-order valence-corrected chi connectivity index (χ0v) is 13.8. The van der Waals surface area contributed by atoms with Gasteiger partial charge in [0.2, 0.25) is 0 Å². The highest BCUT2D eigenvalue weighted by molar-refractivity contribution is 9.10. The van der Waals surface area contributed by atoms with E-state index in [0.29, 0.717) is 44.5 Å². The maximum absolute atomic E-state index is 11.7. The Bertz CT molecular complexity index is 383. The van der Waals surface area contributed by atoms with Gasteiger partial charge in [-0.2, -0.15) is 0 Å². The summed E-state index contributed by atoms with van der Waals surface area (Å²) in [5.74, 6) is -0.0187. The largest absolute Gasteiger partial charge is 0.382 e. The summed E-state index contributed by atoms with van der Waals surface area (Å²) in [5.41, 5.74) is 0. The van der Waals surface area contributed by atoms with E-state index in [1.165, 1.54) is 11.3 Å². The van der Waals surface area contributed by atoms with Crippen molar-refractivity contribution in [2.24, 2.45) is 0 Å². The van der Waals surface area contributed by atoms with Gasteiger partial charge >= 0.3 is 0 Å². The molecule has 0 N–H and O–H groups in total. The third-order valence-electron chi connectivity index (χ3n) is 2.28. The van der Waals surface area contributed by atoms with Crippen LogP contribution < -0.4 is 0 Å². The summed E-state index contributed by atoms with van der Waals surface area (Å²) in [5, 5.41) is 1.87. The van der Waals surface area contributed by atoms with Crippen LogP contribution >= 0.6 is 27.3 Å². The summed E-state index contributed by atoms with van der Waals surface area (Å²) in [7, 11) is 1.63. The van der Waals surface area contributed by atoms with Crippen molar-refractivity contribution >= 4 is 33.0 Å². The second-order valence-corrected chi connectivity index (χ2v) is 5.56. The molecule has 7 heteroatoms. The maximum atomic E-state index is 11.7. The van der Waals surface area contributed by atoms with E-state index in [9.17, 15) is 4.79 Å². The van der Waals surface area contributed by atoms with E-state index in [2.05, 4.69) is 15.9 Å². The van der Waals surface area contributed by atoms with Crippen molar-refractivity contribution in [3.05, 3.63) is 20.8 Å². The molecule has 1 aromatic rings. The Hall–Kier alpha value is -0.310. The summed E-state index contributed by atoms with van der Waals surface area (Å²) in [6, 6.07) is 1.85. The first-order valence-electron chi connectivity index (χ1n) is 6.24. The fourth-order valence-electron chi connectivity index (χ4n) is 1.31. The Morgan fingerprint density at radius 2 is 1.70 bits per heavy atom. The van der Waals surface area contributed by atoms with Crippen LogP contribution in [-0.4, -0.2) is 59.1 Å². The Morgan fingerprint density at radius 3 is 2.25 bits per heavy atom. The lowest BCUT2D eigenvalue weighted by atomic mass is 10.3. The van der Waals surface area contributed by atoms with E-state index in [0.717, 1.165) is 4.47 Å². The topological polar surface area (TPSA) is 54.0 Å². The minimum atomic E-state index is -0.0187. The van der Waals surface area contributed by atoms with E-state index >= 15 is 0 Å². The van der Waals surface area contributed by atoms with Crippen LogP contribution in [-0.2, 0) is 18.9 Å². The molecule has 0 aliphatic carbocycles. The fourth-order valence-corrected chi connectivity index (χ4v) is 2.83. The molecule has 1 heterocycles. The van der Waals surface area contributed by atoms with Gasteiger partial charge in [0.15, 0.2) is 5.78 Å². The monoisotopic (exact) mass is 366 g/mol. The van der Waals surface area contributed by atoms with Crippen molar-refractivity contribution in [1.29, 1.82) is 0 Å². The number of methoxy groups -OCH3 is 1. The molecule has 1 aromatic heterocycles. The normalized spacial score (nSPS) is 10.9. The Morgan fingerprint density at radius 1 is 1.10 bits per heavy atom. The molecule has 0 radical (unpaired) electrons. The van der Waals surface area contributed by atoms with Crippen LogP contribution in [0.15, 0.2) is 15.9 Å². The number of rotatable bonds is 12. The molecule has 0 unspecified atom stereocenters. The predicted molar refractivity (Wildman–Crippen MR) is 80.7 cm³/mol. The second kappa shape index (κ2) is 11.4. The van der Waals surface area contributed by atoms with Crippen molar-refractivity contribution in [3.63, 3.8) is 0 Å². The number of carbonyl (C=O) groups is 1. The predicted octanol–water partition coefficient (Wildman–Crippen LogP) is 2.39. The highest BCUT2D eigenvalue weighted by Gasteiger charge is 2.11. The highest BCUT2D eigenvalue weighted by Crippen LogP contribution is 2.22. The molecule has 0 aromatic carbocycles. The van der Waals surface area contributed by atoms with Crippen molar-refractivity contribution in [1.82, 2.24) is 0 Å². The smallest absolute Gasteiger partial charge is 0.199 e. The molecule has 0 aliphatic rings. The van der Waals surface area contributed by atoms with Gasteiger partial charge < -0.3 is 18.9 Å². The van der Waals surface area contributed by atoms with Crippen molar-refractivity contribution in [3.8, 4) is 0 Å². The van der Waals surface area contributed by atoms with Crippen LogP contribution in [0.1, 0.15) is 9.67 Å². The average Bonchev–Trinajstić information content (AvgIpc) is 2.87. The lowest BCUT2D eigenvalue weighted by Gasteiger charge is -2.06. The number of ether oxygens (including phenoxy) is 4. The molecule has 1 rings (SSSR count). The van der Waals surface area contributed by atoms with Crippen LogP contribution in [0, 0.1) is 0 Å².